The van der Waals surface area contributed by atoms with Crippen molar-refractivity contribution in [3.8, 4) is 6.07 Å². The van der Waals surface area contributed by atoms with E-state index in [9.17, 15) is 9.18 Å². The lowest BCUT2D eigenvalue weighted by atomic mass is 10.0. The Morgan fingerprint density at radius 3 is 2.57 bits per heavy atom. The molecule has 0 radical (unpaired) electrons. The second-order valence-electron chi connectivity index (χ2n) is 5.43. The van der Waals surface area contributed by atoms with Crippen LogP contribution >= 0.6 is 0 Å². The van der Waals surface area contributed by atoms with Crippen LogP contribution in [0.4, 0.5) is 4.39 Å². The van der Waals surface area contributed by atoms with E-state index in [-0.39, 0.29) is 18.0 Å². The molecule has 2 aromatic rings. The molecule has 118 valence electrons. The lowest BCUT2D eigenvalue weighted by molar-refractivity contribution is -0.119. The molecule has 0 heterocycles. The second kappa shape index (κ2) is 7.52. The molecule has 0 saturated heterocycles. The fraction of sp³-hybridized carbons (Fsp3) is 0.222. The van der Waals surface area contributed by atoms with Crippen molar-refractivity contribution in [1.82, 2.24) is 4.90 Å². The van der Waals surface area contributed by atoms with Gasteiger partial charge in [-0.05, 0) is 24.7 Å². The van der Waals surface area contributed by atoms with Gasteiger partial charge in [0.2, 0.25) is 5.91 Å². The Morgan fingerprint density at radius 1 is 1.30 bits per heavy atom. The SMILES string of the molecule is CN(Cc1ccc(C#N)cc1F)[C@H](CC(N)=O)c1ccccc1. The zero-order valence-corrected chi connectivity index (χ0v) is 12.9. The smallest absolute Gasteiger partial charge is 0.219 e. The van der Waals surface area contributed by atoms with Crippen LogP contribution in [-0.2, 0) is 11.3 Å². The Morgan fingerprint density at radius 2 is 2.00 bits per heavy atom. The molecule has 0 aromatic heterocycles. The molecule has 4 nitrogen and oxygen atoms in total. The fourth-order valence-electron chi connectivity index (χ4n) is 2.52. The van der Waals surface area contributed by atoms with Crippen LogP contribution in [0, 0.1) is 17.1 Å². The lowest BCUT2D eigenvalue weighted by Gasteiger charge is -2.28. The zero-order valence-electron chi connectivity index (χ0n) is 12.9. The minimum atomic E-state index is -0.429. The van der Waals surface area contributed by atoms with E-state index >= 15 is 0 Å². The van der Waals surface area contributed by atoms with Crippen LogP contribution < -0.4 is 5.73 Å². The number of rotatable bonds is 6. The van der Waals surface area contributed by atoms with Crippen molar-refractivity contribution in [2.24, 2.45) is 5.73 Å². The van der Waals surface area contributed by atoms with Gasteiger partial charge in [0.15, 0.2) is 0 Å². The van der Waals surface area contributed by atoms with Gasteiger partial charge in [0.05, 0.1) is 11.6 Å². The van der Waals surface area contributed by atoms with Crippen molar-refractivity contribution < 1.29 is 9.18 Å². The maximum Gasteiger partial charge on any atom is 0.219 e. The summed E-state index contributed by atoms with van der Waals surface area (Å²) in [6.07, 6.45) is 0.151. The van der Waals surface area contributed by atoms with Crippen molar-refractivity contribution in [1.29, 1.82) is 5.26 Å². The van der Waals surface area contributed by atoms with Crippen LogP contribution in [0.5, 0.6) is 0 Å². The first-order chi connectivity index (χ1) is 11.0. The van der Waals surface area contributed by atoms with E-state index in [0.29, 0.717) is 12.1 Å². The van der Waals surface area contributed by atoms with E-state index in [1.54, 1.807) is 12.1 Å². The third-order valence-electron chi connectivity index (χ3n) is 3.71. The molecule has 0 unspecified atom stereocenters. The Kier molecular flexibility index (Phi) is 5.45. The van der Waals surface area contributed by atoms with Gasteiger partial charge in [0.25, 0.3) is 0 Å². The Balaban J connectivity index is 2.23. The van der Waals surface area contributed by atoms with E-state index < -0.39 is 11.7 Å². The number of carbonyl (C=O) groups is 1. The van der Waals surface area contributed by atoms with E-state index in [1.165, 1.54) is 6.07 Å². The largest absolute Gasteiger partial charge is 0.370 e. The molecule has 0 saturated carbocycles. The molecule has 0 fully saturated rings. The number of carbonyl (C=O) groups excluding carboxylic acids is 1. The van der Waals surface area contributed by atoms with Gasteiger partial charge in [0, 0.05) is 24.6 Å². The molecule has 1 atom stereocenters. The van der Waals surface area contributed by atoms with Gasteiger partial charge in [0.1, 0.15) is 5.82 Å². The summed E-state index contributed by atoms with van der Waals surface area (Å²) < 4.78 is 14.1. The Labute approximate surface area is 134 Å². The highest BCUT2D eigenvalue weighted by atomic mass is 19.1. The first-order valence-electron chi connectivity index (χ1n) is 7.23. The van der Waals surface area contributed by atoms with Crippen LogP contribution in [0.2, 0.25) is 0 Å². The van der Waals surface area contributed by atoms with E-state index in [0.717, 1.165) is 5.56 Å². The predicted molar refractivity (Wildman–Crippen MR) is 85.6 cm³/mol. The fourth-order valence-corrected chi connectivity index (χ4v) is 2.52. The van der Waals surface area contributed by atoms with Crippen molar-refractivity contribution in [3.05, 3.63) is 71.0 Å². The summed E-state index contributed by atoms with van der Waals surface area (Å²) >= 11 is 0. The molecule has 23 heavy (non-hydrogen) atoms. The Hall–Kier alpha value is -2.71. The van der Waals surface area contributed by atoms with Gasteiger partial charge in [-0.1, -0.05) is 36.4 Å². The Bertz CT molecular complexity index is 725. The summed E-state index contributed by atoms with van der Waals surface area (Å²) in [5.41, 5.74) is 7.05. The highest BCUT2D eigenvalue weighted by molar-refractivity contribution is 5.74. The van der Waals surface area contributed by atoms with E-state index in [1.807, 2.05) is 48.3 Å². The third kappa shape index (κ3) is 4.38. The first-order valence-corrected chi connectivity index (χ1v) is 7.23. The summed E-state index contributed by atoms with van der Waals surface area (Å²) in [6, 6.07) is 15.6. The average Bonchev–Trinajstić information content (AvgIpc) is 2.55. The van der Waals surface area contributed by atoms with E-state index in [4.69, 9.17) is 11.0 Å². The highest BCUT2D eigenvalue weighted by Crippen LogP contribution is 2.25. The number of nitriles is 1. The number of nitrogens with two attached hydrogens (primary N) is 1. The number of benzene rings is 2. The predicted octanol–water partition coefficient (Wildman–Crippen LogP) is 2.75. The van der Waals surface area contributed by atoms with Gasteiger partial charge < -0.3 is 5.73 Å². The number of hydrogen-bond acceptors (Lipinski definition) is 3. The molecule has 0 aliphatic carbocycles. The van der Waals surface area contributed by atoms with Gasteiger partial charge >= 0.3 is 0 Å². The van der Waals surface area contributed by atoms with Gasteiger partial charge in [-0.15, -0.1) is 0 Å². The average molecular weight is 311 g/mol. The van der Waals surface area contributed by atoms with Crippen molar-refractivity contribution in [2.75, 3.05) is 7.05 Å². The molecule has 2 rings (SSSR count). The summed E-state index contributed by atoms with van der Waals surface area (Å²) in [4.78, 5) is 13.3. The molecule has 5 heteroatoms. The molecule has 0 aliphatic rings. The van der Waals surface area contributed by atoms with Crippen LogP contribution in [0.1, 0.15) is 29.2 Å². The summed E-state index contributed by atoms with van der Waals surface area (Å²) in [5, 5.41) is 8.79. The number of halogens is 1. The topological polar surface area (TPSA) is 70.1 Å². The number of nitrogens with zero attached hydrogens (tertiary/aromatic N) is 2. The minimum Gasteiger partial charge on any atom is -0.370 e. The molecule has 2 N–H and O–H groups in total. The zero-order chi connectivity index (χ0) is 16.8. The third-order valence-corrected chi connectivity index (χ3v) is 3.71. The quantitative estimate of drug-likeness (QED) is 0.891. The van der Waals surface area contributed by atoms with Gasteiger partial charge in [-0.2, -0.15) is 5.26 Å². The summed E-state index contributed by atoms with van der Waals surface area (Å²) in [6.45, 7) is 0.310. The molecule has 0 bridgehead atoms. The monoisotopic (exact) mass is 311 g/mol. The summed E-state index contributed by atoms with van der Waals surface area (Å²) in [5.74, 6) is -0.840. The maximum atomic E-state index is 14.1. The molecule has 1 amide bonds. The second-order valence-corrected chi connectivity index (χ2v) is 5.43. The van der Waals surface area contributed by atoms with Crippen LogP contribution in [-0.4, -0.2) is 17.9 Å². The van der Waals surface area contributed by atoms with Crippen molar-refractivity contribution in [2.45, 2.75) is 19.0 Å². The lowest BCUT2D eigenvalue weighted by Crippen LogP contribution is -2.29. The maximum absolute atomic E-state index is 14.1. The number of amides is 1. The number of primary amides is 1. The minimum absolute atomic E-state index is 0.151. The first kappa shape index (κ1) is 16.7. The summed E-state index contributed by atoms with van der Waals surface area (Å²) in [7, 11) is 1.82. The van der Waals surface area contributed by atoms with Crippen molar-refractivity contribution >= 4 is 5.91 Å². The van der Waals surface area contributed by atoms with Crippen LogP contribution in [0.15, 0.2) is 48.5 Å². The number of hydrogen-bond donors (Lipinski definition) is 1. The highest BCUT2D eigenvalue weighted by Gasteiger charge is 2.20. The van der Waals surface area contributed by atoms with Crippen LogP contribution in [0.3, 0.4) is 0 Å². The van der Waals surface area contributed by atoms with E-state index in [2.05, 4.69) is 0 Å². The van der Waals surface area contributed by atoms with Crippen LogP contribution in [0.25, 0.3) is 0 Å². The molecule has 0 aliphatic heterocycles. The normalized spacial score (nSPS) is 11.9. The van der Waals surface area contributed by atoms with Crippen molar-refractivity contribution in [3.63, 3.8) is 0 Å². The van der Waals surface area contributed by atoms with Gasteiger partial charge in [-0.25, -0.2) is 4.39 Å². The van der Waals surface area contributed by atoms with Gasteiger partial charge in [-0.3, -0.25) is 9.69 Å². The molecular formula is C18H18FN3O. The molecule has 0 spiro atoms. The standard InChI is InChI=1S/C18H18FN3O/c1-22(12-15-8-7-13(11-20)9-16(15)19)17(10-18(21)23)14-5-3-2-4-6-14/h2-9,17H,10,12H2,1H3,(H2,21,23)/t17-/m1/s1. The molecule has 2 aromatic carbocycles. The molecular weight excluding hydrogens is 293 g/mol.